The summed E-state index contributed by atoms with van der Waals surface area (Å²) in [5, 5.41) is 13.1. The van der Waals surface area contributed by atoms with Crippen molar-refractivity contribution >= 4 is 11.8 Å². The monoisotopic (exact) mass is 393 g/mol. The SMILES string of the molecule is O=C(NC[C@@H]1[C@@H](c2ccccc2)[C@@H](CO)N1C(=O)Cc1ccncc1)C1CCC1. The number of aromatic nitrogens is 1. The summed E-state index contributed by atoms with van der Waals surface area (Å²) in [4.78, 5) is 31.2. The van der Waals surface area contributed by atoms with Gasteiger partial charge in [-0.25, -0.2) is 0 Å². The summed E-state index contributed by atoms with van der Waals surface area (Å²) in [7, 11) is 0. The predicted octanol–water partition coefficient (Wildman–Crippen LogP) is 1.90. The minimum atomic E-state index is -0.280. The first-order valence-corrected chi connectivity index (χ1v) is 10.3. The van der Waals surface area contributed by atoms with Crippen LogP contribution in [0.2, 0.25) is 0 Å². The fourth-order valence-corrected chi connectivity index (χ4v) is 4.45. The molecule has 0 radical (unpaired) electrons. The molecular weight excluding hydrogens is 366 g/mol. The molecule has 4 rings (SSSR count). The number of nitrogens with one attached hydrogen (secondary N) is 1. The van der Waals surface area contributed by atoms with Gasteiger partial charge in [0.05, 0.1) is 25.1 Å². The summed E-state index contributed by atoms with van der Waals surface area (Å²) < 4.78 is 0. The van der Waals surface area contributed by atoms with Crippen molar-refractivity contribution in [2.75, 3.05) is 13.2 Å². The van der Waals surface area contributed by atoms with E-state index in [2.05, 4.69) is 10.3 Å². The van der Waals surface area contributed by atoms with Crippen molar-refractivity contribution in [2.45, 2.75) is 43.7 Å². The molecule has 0 bridgehead atoms. The largest absolute Gasteiger partial charge is 0.394 e. The second-order valence-electron chi connectivity index (χ2n) is 7.96. The summed E-state index contributed by atoms with van der Waals surface area (Å²) in [6, 6.07) is 13.2. The lowest BCUT2D eigenvalue weighted by molar-refractivity contribution is -0.150. The first-order valence-electron chi connectivity index (χ1n) is 10.3. The van der Waals surface area contributed by atoms with Crippen LogP contribution in [0.5, 0.6) is 0 Å². The van der Waals surface area contributed by atoms with Gasteiger partial charge >= 0.3 is 0 Å². The van der Waals surface area contributed by atoms with E-state index in [4.69, 9.17) is 0 Å². The normalized spacial score (nSPS) is 23.8. The zero-order valence-electron chi connectivity index (χ0n) is 16.4. The Hall–Kier alpha value is -2.73. The number of carbonyl (C=O) groups is 2. The summed E-state index contributed by atoms with van der Waals surface area (Å²) in [6.45, 7) is 0.308. The summed E-state index contributed by atoms with van der Waals surface area (Å²) in [5.41, 5.74) is 1.98. The van der Waals surface area contributed by atoms with E-state index in [0.29, 0.717) is 6.54 Å². The fraction of sp³-hybridized carbons (Fsp3) is 0.435. The first kappa shape index (κ1) is 19.6. The van der Waals surface area contributed by atoms with Crippen molar-refractivity contribution in [1.82, 2.24) is 15.2 Å². The van der Waals surface area contributed by atoms with Gasteiger partial charge < -0.3 is 15.3 Å². The third kappa shape index (κ3) is 4.03. The van der Waals surface area contributed by atoms with Crippen LogP contribution in [0.3, 0.4) is 0 Å². The van der Waals surface area contributed by atoms with Gasteiger partial charge in [-0.1, -0.05) is 36.8 Å². The molecule has 6 nitrogen and oxygen atoms in total. The highest BCUT2D eigenvalue weighted by Gasteiger charge is 2.50. The molecule has 3 atom stereocenters. The highest BCUT2D eigenvalue weighted by atomic mass is 16.3. The van der Waals surface area contributed by atoms with Crippen LogP contribution < -0.4 is 5.32 Å². The van der Waals surface area contributed by atoms with Gasteiger partial charge in [-0.05, 0) is 36.1 Å². The Bertz CT molecular complexity index is 839. The van der Waals surface area contributed by atoms with Crippen molar-refractivity contribution in [1.29, 1.82) is 0 Å². The van der Waals surface area contributed by atoms with Gasteiger partial charge in [0.1, 0.15) is 0 Å². The average molecular weight is 393 g/mol. The predicted molar refractivity (Wildman–Crippen MR) is 109 cm³/mol. The molecule has 152 valence electrons. The van der Waals surface area contributed by atoms with Crippen molar-refractivity contribution in [3.63, 3.8) is 0 Å². The number of hydrogen-bond donors (Lipinski definition) is 2. The molecule has 2 N–H and O–H groups in total. The molecule has 6 heteroatoms. The number of nitrogens with zero attached hydrogens (tertiary/aromatic N) is 2. The number of benzene rings is 1. The molecular formula is C23H27N3O3. The summed E-state index contributed by atoms with van der Waals surface area (Å²) in [6.07, 6.45) is 6.60. The highest BCUT2D eigenvalue weighted by Crippen LogP contribution is 2.41. The van der Waals surface area contributed by atoms with E-state index in [1.54, 1.807) is 17.3 Å². The van der Waals surface area contributed by atoms with Gasteiger partial charge in [-0.15, -0.1) is 0 Å². The molecule has 2 fully saturated rings. The van der Waals surface area contributed by atoms with Crippen LogP contribution in [0.15, 0.2) is 54.9 Å². The second kappa shape index (κ2) is 8.74. The molecule has 1 saturated carbocycles. The number of pyridine rings is 1. The average Bonchev–Trinajstić information content (AvgIpc) is 2.67. The lowest BCUT2D eigenvalue weighted by Crippen LogP contribution is -2.69. The third-order valence-corrected chi connectivity index (χ3v) is 6.27. The third-order valence-electron chi connectivity index (χ3n) is 6.27. The smallest absolute Gasteiger partial charge is 0.227 e. The molecule has 2 aromatic rings. The number of amides is 2. The van der Waals surface area contributed by atoms with Gasteiger partial charge in [-0.2, -0.15) is 0 Å². The second-order valence-corrected chi connectivity index (χ2v) is 7.96. The van der Waals surface area contributed by atoms with Crippen molar-refractivity contribution < 1.29 is 14.7 Å². The van der Waals surface area contributed by atoms with E-state index >= 15 is 0 Å². The Labute approximate surface area is 171 Å². The zero-order chi connectivity index (χ0) is 20.2. The Morgan fingerprint density at radius 2 is 1.79 bits per heavy atom. The van der Waals surface area contributed by atoms with Crippen molar-refractivity contribution in [3.05, 3.63) is 66.0 Å². The molecule has 2 heterocycles. The molecule has 0 spiro atoms. The quantitative estimate of drug-likeness (QED) is 0.753. The molecule has 0 unspecified atom stereocenters. The molecule has 2 amide bonds. The number of rotatable bonds is 7. The van der Waals surface area contributed by atoms with Crippen LogP contribution >= 0.6 is 0 Å². The van der Waals surface area contributed by atoms with Crippen LogP contribution in [0.4, 0.5) is 0 Å². The van der Waals surface area contributed by atoms with Crippen LogP contribution in [-0.4, -0.2) is 52.0 Å². The van der Waals surface area contributed by atoms with Gasteiger partial charge in [0.15, 0.2) is 0 Å². The van der Waals surface area contributed by atoms with Gasteiger partial charge in [0.2, 0.25) is 11.8 Å². The lowest BCUT2D eigenvalue weighted by atomic mass is 9.74. The summed E-state index contributed by atoms with van der Waals surface area (Å²) >= 11 is 0. The van der Waals surface area contributed by atoms with E-state index in [9.17, 15) is 14.7 Å². The van der Waals surface area contributed by atoms with E-state index in [-0.39, 0.29) is 48.8 Å². The molecule has 29 heavy (non-hydrogen) atoms. The summed E-state index contributed by atoms with van der Waals surface area (Å²) in [5.74, 6) is 0.159. The molecule has 2 aliphatic rings. The highest BCUT2D eigenvalue weighted by molar-refractivity contribution is 5.82. The van der Waals surface area contributed by atoms with Gasteiger partial charge in [0.25, 0.3) is 0 Å². The maximum absolute atomic E-state index is 13.1. The molecule has 1 aliphatic carbocycles. The Morgan fingerprint density at radius 3 is 2.41 bits per heavy atom. The number of carbonyl (C=O) groups excluding carboxylic acids is 2. The molecule has 1 aliphatic heterocycles. The molecule has 1 aromatic heterocycles. The van der Waals surface area contributed by atoms with Gasteiger partial charge in [-0.3, -0.25) is 14.6 Å². The maximum Gasteiger partial charge on any atom is 0.227 e. The van der Waals surface area contributed by atoms with Gasteiger partial charge in [0, 0.05) is 30.8 Å². The number of aliphatic hydroxyl groups is 1. The number of likely N-dealkylation sites (tertiary alicyclic amines) is 1. The van der Waals surface area contributed by atoms with Crippen LogP contribution in [0.1, 0.15) is 36.3 Å². The van der Waals surface area contributed by atoms with E-state index in [1.165, 1.54) is 0 Å². The first-order chi connectivity index (χ1) is 14.2. The Balaban J connectivity index is 1.52. The topological polar surface area (TPSA) is 82.5 Å². The maximum atomic E-state index is 13.1. The Kier molecular flexibility index (Phi) is 5.90. The standard InChI is InChI=1S/C23H27N3O3/c27-15-20-22(17-5-2-1-3-6-17)19(14-25-23(29)18-7-4-8-18)26(20)21(28)13-16-9-11-24-12-10-16/h1-3,5-6,9-12,18-20,22,27H,4,7-8,13-15H2,(H,25,29)/t19-,20-,22-/m1/s1. The van der Waals surface area contributed by atoms with E-state index in [0.717, 1.165) is 30.4 Å². The van der Waals surface area contributed by atoms with E-state index < -0.39 is 0 Å². The molecule has 1 aromatic carbocycles. The fourth-order valence-electron chi connectivity index (χ4n) is 4.45. The van der Waals surface area contributed by atoms with Crippen LogP contribution in [-0.2, 0) is 16.0 Å². The van der Waals surface area contributed by atoms with Crippen LogP contribution in [0.25, 0.3) is 0 Å². The van der Waals surface area contributed by atoms with Crippen LogP contribution in [0, 0.1) is 5.92 Å². The number of aliphatic hydroxyl groups excluding tert-OH is 1. The van der Waals surface area contributed by atoms with Crippen molar-refractivity contribution in [3.8, 4) is 0 Å². The lowest BCUT2D eigenvalue weighted by Gasteiger charge is -2.55. The minimum Gasteiger partial charge on any atom is -0.394 e. The van der Waals surface area contributed by atoms with E-state index in [1.807, 2.05) is 42.5 Å². The minimum absolute atomic E-state index is 0.00396. The Morgan fingerprint density at radius 1 is 1.07 bits per heavy atom. The van der Waals surface area contributed by atoms with Crippen molar-refractivity contribution in [2.24, 2.45) is 5.92 Å². The zero-order valence-corrected chi connectivity index (χ0v) is 16.4. The molecule has 1 saturated heterocycles. The number of hydrogen-bond acceptors (Lipinski definition) is 4.